The first-order valence-corrected chi connectivity index (χ1v) is 8.54. The predicted molar refractivity (Wildman–Crippen MR) is 97.9 cm³/mol. The zero-order valence-electron chi connectivity index (χ0n) is 14.5. The summed E-state index contributed by atoms with van der Waals surface area (Å²) in [5.41, 5.74) is 4.64. The Bertz CT molecular complexity index is 946. The SMILES string of the molecule is Cc1nc2c(C(=O)NCCN3CCc4ccccc43)ccnc2n1C. The minimum atomic E-state index is -0.0991. The number of fused-ring (bicyclic) bond motifs is 2. The van der Waals surface area contributed by atoms with Crippen LogP contribution in [0.1, 0.15) is 21.7 Å². The Labute approximate surface area is 146 Å². The summed E-state index contributed by atoms with van der Waals surface area (Å²) in [5, 5.41) is 3.02. The van der Waals surface area contributed by atoms with Crippen LogP contribution in [-0.2, 0) is 13.5 Å². The van der Waals surface area contributed by atoms with Crippen LogP contribution in [0.25, 0.3) is 11.2 Å². The number of para-hydroxylation sites is 1. The molecule has 1 aromatic carbocycles. The number of rotatable bonds is 4. The second-order valence-electron chi connectivity index (χ2n) is 6.37. The van der Waals surface area contributed by atoms with Crippen LogP contribution in [0.15, 0.2) is 36.5 Å². The third kappa shape index (κ3) is 2.73. The van der Waals surface area contributed by atoms with Crippen molar-refractivity contribution in [1.29, 1.82) is 0 Å². The average Bonchev–Trinajstić information content (AvgIpc) is 3.16. The van der Waals surface area contributed by atoms with Crippen molar-refractivity contribution in [1.82, 2.24) is 19.9 Å². The lowest BCUT2D eigenvalue weighted by atomic mass is 10.2. The number of nitrogens with zero attached hydrogens (tertiary/aromatic N) is 4. The van der Waals surface area contributed by atoms with Crippen LogP contribution < -0.4 is 10.2 Å². The Balaban J connectivity index is 1.44. The molecule has 6 nitrogen and oxygen atoms in total. The topological polar surface area (TPSA) is 63.1 Å². The molecular formula is C19H21N5O. The minimum Gasteiger partial charge on any atom is -0.369 e. The van der Waals surface area contributed by atoms with Gasteiger partial charge in [-0.2, -0.15) is 0 Å². The Morgan fingerprint density at radius 3 is 3.00 bits per heavy atom. The molecule has 1 aliphatic heterocycles. The second-order valence-corrected chi connectivity index (χ2v) is 6.37. The van der Waals surface area contributed by atoms with Gasteiger partial charge in [0.15, 0.2) is 5.65 Å². The summed E-state index contributed by atoms with van der Waals surface area (Å²) in [6, 6.07) is 10.2. The number of benzene rings is 1. The molecule has 0 saturated carbocycles. The summed E-state index contributed by atoms with van der Waals surface area (Å²) in [5.74, 6) is 0.745. The van der Waals surface area contributed by atoms with E-state index in [2.05, 4.69) is 44.5 Å². The molecule has 25 heavy (non-hydrogen) atoms. The number of anilines is 1. The van der Waals surface area contributed by atoms with Crippen molar-refractivity contribution < 1.29 is 4.79 Å². The zero-order valence-corrected chi connectivity index (χ0v) is 14.5. The maximum Gasteiger partial charge on any atom is 0.253 e. The fourth-order valence-corrected chi connectivity index (χ4v) is 3.41. The predicted octanol–water partition coefficient (Wildman–Crippen LogP) is 2.07. The molecule has 0 atom stereocenters. The van der Waals surface area contributed by atoms with Gasteiger partial charge in [0.1, 0.15) is 11.3 Å². The maximum absolute atomic E-state index is 12.6. The molecule has 0 aliphatic carbocycles. The number of carbonyl (C=O) groups is 1. The van der Waals surface area contributed by atoms with Gasteiger partial charge in [-0.1, -0.05) is 18.2 Å². The lowest BCUT2D eigenvalue weighted by Crippen LogP contribution is -2.34. The van der Waals surface area contributed by atoms with Crippen LogP contribution in [0.4, 0.5) is 5.69 Å². The normalized spacial score (nSPS) is 13.3. The molecule has 0 spiro atoms. The molecule has 4 rings (SSSR count). The van der Waals surface area contributed by atoms with Gasteiger partial charge in [-0.25, -0.2) is 9.97 Å². The van der Waals surface area contributed by atoms with E-state index in [1.165, 1.54) is 11.3 Å². The van der Waals surface area contributed by atoms with E-state index in [0.29, 0.717) is 17.6 Å². The number of amides is 1. The first kappa shape index (κ1) is 15.6. The molecule has 3 heterocycles. The molecule has 128 valence electrons. The van der Waals surface area contributed by atoms with E-state index in [1.54, 1.807) is 12.3 Å². The first-order chi connectivity index (χ1) is 12.1. The number of nitrogens with one attached hydrogen (secondary N) is 1. The van der Waals surface area contributed by atoms with Gasteiger partial charge in [-0.15, -0.1) is 0 Å². The van der Waals surface area contributed by atoms with Gasteiger partial charge in [0.25, 0.3) is 5.91 Å². The highest BCUT2D eigenvalue weighted by Gasteiger charge is 2.19. The van der Waals surface area contributed by atoms with Crippen molar-refractivity contribution in [3.8, 4) is 0 Å². The smallest absolute Gasteiger partial charge is 0.253 e. The number of hydrogen-bond donors (Lipinski definition) is 1. The van der Waals surface area contributed by atoms with Crippen LogP contribution in [-0.4, -0.2) is 40.1 Å². The average molecular weight is 335 g/mol. The summed E-state index contributed by atoms with van der Waals surface area (Å²) >= 11 is 0. The highest BCUT2D eigenvalue weighted by Crippen LogP contribution is 2.26. The molecular weight excluding hydrogens is 314 g/mol. The molecule has 6 heteroatoms. The van der Waals surface area contributed by atoms with Gasteiger partial charge >= 0.3 is 0 Å². The van der Waals surface area contributed by atoms with Crippen LogP contribution in [0.5, 0.6) is 0 Å². The van der Waals surface area contributed by atoms with E-state index in [9.17, 15) is 4.79 Å². The molecule has 0 radical (unpaired) electrons. The minimum absolute atomic E-state index is 0.0991. The molecule has 3 aromatic rings. The molecule has 0 unspecified atom stereocenters. The van der Waals surface area contributed by atoms with Crippen molar-refractivity contribution in [2.75, 3.05) is 24.5 Å². The van der Waals surface area contributed by atoms with E-state index >= 15 is 0 Å². The Morgan fingerprint density at radius 1 is 1.28 bits per heavy atom. The number of aromatic nitrogens is 3. The lowest BCUT2D eigenvalue weighted by molar-refractivity contribution is 0.0956. The van der Waals surface area contributed by atoms with Crippen LogP contribution >= 0.6 is 0 Å². The third-order valence-corrected chi connectivity index (χ3v) is 4.88. The number of carbonyl (C=O) groups excluding carboxylic acids is 1. The Hall–Kier alpha value is -2.89. The van der Waals surface area contributed by atoms with E-state index in [4.69, 9.17) is 0 Å². The molecule has 0 fully saturated rings. The lowest BCUT2D eigenvalue weighted by Gasteiger charge is -2.19. The summed E-state index contributed by atoms with van der Waals surface area (Å²) < 4.78 is 1.90. The largest absolute Gasteiger partial charge is 0.369 e. The highest BCUT2D eigenvalue weighted by atomic mass is 16.1. The Morgan fingerprint density at radius 2 is 2.12 bits per heavy atom. The molecule has 2 aromatic heterocycles. The molecule has 1 aliphatic rings. The van der Waals surface area contributed by atoms with Crippen molar-refractivity contribution in [2.24, 2.45) is 7.05 Å². The number of aryl methyl sites for hydroxylation is 2. The molecule has 0 bridgehead atoms. The second kappa shape index (κ2) is 6.20. The molecule has 1 amide bonds. The standard InChI is InChI=1S/C19H21N5O/c1-13-22-17-15(7-9-20-18(17)23(13)2)19(25)21-10-12-24-11-8-14-5-3-4-6-16(14)24/h3-7,9H,8,10-12H2,1-2H3,(H,21,25). The first-order valence-electron chi connectivity index (χ1n) is 8.54. The molecule has 1 N–H and O–H groups in total. The Kier molecular flexibility index (Phi) is 3.87. The van der Waals surface area contributed by atoms with Crippen LogP contribution in [0.2, 0.25) is 0 Å². The van der Waals surface area contributed by atoms with Gasteiger partial charge in [0.05, 0.1) is 5.56 Å². The highest BCUT2D eigenvalue weighted by molar-refractivity contribution is 6.04. The van der Waals surface area contributed by atoms with E-state index in [0.717, 1.165) is 31.0 Å². The van der Waals surface area contributed by atoms with E-state index in [-0.39, 0.29) is 5.91 Å². The summed E-state index contributed by atoms with van der Waals surface area (Å²) in [7, 11) is 1.91. The van der Waals surface area contributed by atoms with Crippen LogP contribution in [0.3, 0.4) is 0 Å². The monoisotopic (exact) mass is 335 g/mol. The number of pyridine rings is 1. The number of hydrogen-bond acceptors (Lipinski definition) is 4. The third-order valence-electron chi connectivity index (χ3n) is 4.88. The van der Waals surface area contributed by atoms with Crippen molar-refractivity contribution in [3.63, 3.8) is 0 Å². The fraction of sp³-hybridized carbons (Fsp3) is 0.316. The number of imidazole rings is 1. The van der Waals surface area contributed by atoms with Crippen molar-refractivity contribution in [2.45, 2.75) is 13.3 Å². The summed E-state index contributed by atoms with van der Waals surface area (Å²) in [6.07, 6.45) is 2.73. The van der Waals surface area contributed by atoms with Crippen molar-refractivity contribution in [3.05, 3.63) is 53.5 Å². The maximum atomic E-state index is 12.6. The van der Waals surface area contributed by atoms with Crippen LogP contribution in [0, 0.1) is 6.92 Å². The van der Waals surface area contributed by atoms with Crippen molar-refractivity contribution >= 4 is 22.8 Å². The summed E-state index contributed by atoms with van der Waals surface area (Å²) in [4.78, 5) is 23.7. The zero-order chi connectivity index (χ0) is 17.4. The fourth-order valence-electron chi connectivity index (χ4n) is 3.41. The van der Waals surface area contributed by atoms with E-state index < -0.39 is 0 Å². The van der Waals surface area contributed by atoms with Gasteiger partial charge < -0.3 is 14.8 Å². The molecule has 0 saturated heterocycles. The summed E-state index contributed by atoms with van der Waals surface area (Å²) in [6.45, 7) is 4.32. The van der Waals surface area contributed by atoms with Gasteiger partial charge in [0, 0.05) is 38.6 Å². The van der Waals surface area contributed by atoms with Gasteiger partial charge in [0.2, 0.25) is 0 Å². The van der Waals surface area contributed by atoms with E-state index in [1.807, 2.05) is 18.5 Å². The quantitative estimate of drug-likeness (QED) is 0.793. The van der Waals surface area contributed by atoms with Gasteiger partial charge in [-0.3, -0.25) is 4.79 Å². The van der Waals surface area contributed by atoms with Gasteiger partial charge in [-0.05, 0) is 31.0 Å².